The first-order valence-electron chi connectivity index (χ1n) is 6.71. The van der Waals surface area contributed by atoms with Gasteiger partial charge in [-0.2, -0.15) is 0 Å². The van der Waals surface area contributed by atoms with Gasteiger partial charge in [0.2, 0.25) is 0 Å². The van der Waals surface area contributed by atoms with Gasteiger partial charge in [-0.25, -0.2) is 4.90 Å². The van der Waals surface area contributed by atoms with Crippen molar-refractivity contribution in [3.63, 3.8) is 0 Å². The van der Waals surface area contributed by atoms with E-state index in [2.05, 4.69) is 0 Å². The normalized spacial score (nSPS) is 14.0. The van der Waals surface area contributed by atoms with Crippen LogP contribution in [0.4, 0.5) is 5.82 Å². The van der Waals surface area contributed by atoms with E-state index in [1.54, 1.807) is 24.3 Å². The predicted molar refractivity (Wildman–Crippen MR) is 80.5 cm³/mol. The van der Waals surface area contributed by atoms with E-state index >= 15 is 0 Å². The van der Waals surface area contributed by atoms with E-state index in [9.17, 15) is 9.59 Å². The maximum Gasteiger partial charge on any atom is 0.267 e. The van der Waals surface area contributed by atoms with Crippen LogP contribution in [-0.2, 0) is 7.05 Å². The number of aryl methyl sites for hydroxylation is 1. The molecule has 21 heavy (non-hydrogen) atoms. The Morgan fingerprint density at radius 3 is 2.00 bits per heavy atom. The molecule has 4 nitrogen and oxygen atoms in total. The summed E-state index contributed by atoms with van der Waals surface area (Å²) in [5, 5.41) is 1.01. The molecule has 2 amide bonds. The molecule has 1 aliphatic rings. The van der Waals surface area contributed by atoms with E-state index in [1.165, 1.54) is 4.90 Å². The lowest BCUT2D eigenvalue weighted by Crippen LogP contribution is -2.30. The molecule has 0 aliphatic carbocycles. The van der Waals surface area contributed by atoms with Crippen molar-refractivity contribution >= 4 is 28.5 Å². The summed E-state index contributed by atoms with van der Waals surface area (Å²) in [5.41, 5.74) is 1.92. The van der Waals surface area contributed by atoms with Crippen LogP contribution in [-0.4, -0.2) is 16.4 Å². The molecule has 0 fully saturated rings. The lowest BCUT2D eigenvalue weighted by molar-refractivity contribution is 0.0924. The fraction of sp³-hybridized carbons (Fsp3) is 0.0588. The lowest BCUT2D eigenvalue weighted by atomic mass is 10.1. The Hall–Kier alpha value is -2.88. The highest BCUT2D eigenvalue weighted by Crippen LogP contribution is 2.31. The van der Waals surface area contributed by atoms with E-state index in [4.69, 9.17) is 0 Å². The van der Waals surface area contributed by atoms with Crippen LogP contribution in [0.5, 0.6) is 0 Å². The third-order valence-corrected chi connectivity index (χ3v) is 3.95. The van der Waals surface area contributed by atoms with Crippen LogP contribution in [0.15, 0.2) is 54.6 Å². The van der Waals surface area contributed by atoms with Gasteiger partial charge in [-0.15, -0.1) is 0 Å². The monoisotopic (exact) mass is 276 g/mol. The molecule has 1 aromatic heterocycles. The van der Waals surface area contributed by atoms with Gasteiger partial charge in [0.05, 0.1) is 11.1 Å². The molecule has 3 aromatic rings. The molecule has 0 saturated carbocycles. The highest BCUT2D eigenvalue weighted by atomic mass is 16.2. The van der Waals surface area contributed by atoms with Gasteiger partial charge >= 0.3 is 0 Å². The summed E-state index contributed by atoms with van der Waals surface area (Å²) >= 11 is 0. The highest BCUT2D eigenvalue weighted by Gasteiger charge is 2.37. The minimum absolute atomic E-state index is 0.262. The third-order valence-electron chi connectivity index (χ3n) is 3.95. The second-order valence-corrected chi connectivity index (χ2v) is 5.11. The number of imide groups is 1. The molecule has 0 unspecified atom stereocenters. The van der Waals surface area contributed by atoms with Gasteiger partial charge in [-0.1, -0.05) is 30.3 Å². The highest BCUT2D eigenvalue weighted by molar-refractivity contribution is 6.34. The van der Waals surface area contributed by atoms with Crippen LogP contribution in [0.25, 0.3) is 10.9 Å². The summed E-state index contributed by atoms with van der Waals surface area (Å²) in [6.45, 7) is 0. The van der Waals surface area contributed by atoms with Gasteiger partial charge in [0.1, 0.15) is 5.82 Å². The largest absolute Gasteiger partial charge is 0.330 e. The van der Waals surface area contributed by atoms with Crippen molar-refractivity contribution in [3.8, 4) is 0 Å². The van der Waals surface area contributed by atoms with Crippen LogP contribution in [0.2, 0.25) is 0 Å². The molecular formula is C17H12N2O2. The molecule has 0 saturated heterocycles. The van der Waals surface area contributed by atoms with Gasteiger partial charge in [0.15, 0.2) is 0 Å². The molecule has 0 spiro atoms. The maximum absolute atomic E-state index is 12.5. The first kappa shape index (κ1) is 11.9. The lowest BCUT2D eigenvalue weighted by Gasteiger charge is -2.14. The molecule has 0 atom stereocenters. The second-order valence-electron chi connectivity index (χ2n) is 5.11. The van der Waals surface area contributed by atoms with Crippen molar-refractivity contribution in [2.75, 3.05) is 4.90 Å². The van der Waals surface area contributed by atoms with Gasteiger partial charge in [0.25, 0.3) is 11.8 Å². The first-order valence-corrected chi connectivity index (χ1v) is 6.71. The summed E-state index contributed by atoms with van der Waals surface area (Å²) < 4.78 is 1.87. The van der Waals surface area contributed by atoms with E-state index < -0.39 is 0 Å². The molecule has 0 bridgehead atoms. The van der Waals surface area contributed by atoms with Crippen molar-refractivity contribution in [1.82, 2.24) is 4.57 Å². The standard InChI is InChI=1S/C17H12N2O2/c1-18-14-9-5-2-6-11(14)10-15(18)19-16(20)12-7-3-4-8-13(12)17(19)21/h2-10H,1H3. The van der Waals surface area contributed by atoms with Crippen LogP contribution in [0, 0.1) is 0 Å². The fourth-order valence-electron chi connectivity index (χ4n) is 2.89. The number of aromatic nitrogens is 1. The number of anilines is 1. The summed E-state index contributed by atoms with van der Waals surface area (Å²) in [7, 11) is 1.86. The van der Waals surface area contributed by atoms with Crippen molar-refractivity contribution in [2.24, 2.45) is 7.05 Å². The number of rotatable bonds is 1. The quantitative estimate of drug-likeness (QED) is 0.641. The average Bonchev–Trinajstić information content (AvgIpc) is 2.96. The summed E-state index contributed by atoms with van der Waals surface area (Å²) in [6.07, 6.45) is 0. The fourth-order valence-corrected chi connectivity index (χ4v) is 2.89. The molecule has 1 aliphatic heterocycles. The molecule has 4 rings (SSSR count). The van der Waals surface area contributed by atoms with Gasteiger partial charge in [-0.3, -0.25) is 9.59 Å². The minimum Gasteiger partial charge on any atom is -0.330 e. The zero-order valence-corrected chi connectivity index (χ0v) is 11.4. The SMILES string of the molecule is Cn1c(N2C(=O)c3ccccc3C2=O)cc2ccccc21. The Morgan fingerprint density at radius 2 is 1.38 bits per heavy atom. The van der Waals surface area contributed by atoms with Crippen LogP contribution < -0.4 is 4.90 Å². The van der Waals surface area contributed by atoms with E-state index in [1.807, 2.05) is 41.9 Å². The third kappa shape index (κ3) is 1.50. The Labute approximate surface area is 121 Å². The number of para-hydroxylation sites is 1. The topological polar surface area (TPSA) is 42.3 Å². The number of hydrogen-bond donors (Lipinski definition) is 0. The zero-order valence-electron chi connectivity index (χ0n) is 11.4. The van der Waals surface area contributed by atoms with Crippen LogP contribution in [0.3, 0.4) is 0 Å². The maximum atomic E-state index is 12.5. The Kier molecular flexibility index (Phi) is 2.30. The number of carbonyl (C=O) groups is 2. The van der Waals surface area contributed by atoms with E-state index in [-0.39, 0.29) is 11.8 Å². The van der Waals surface area contributed by atoms with Gasteiger partial charge in [0, 0.05) is 18.0 Å². The number of hydrogen-bond acceptors (Lipinski definition) is 2. The Morgan fingerprint density at radius 1 is 0.810 bits per heavy atom. The van der Waals surface area contributed by atoms with E-state index in [0.717, 1.165) is 10.9 Å². The Balaban J connectivity index is 1.93. The Bertz CT molecular complexity index is 873. The summed E-state index contributed by atoms with van der Waals surface area (Å²) in [6, 6.07) is 16.6. The summed E-state index contributed by atoms with van der Waals surface area (Å²) in [4.78, 5) is 26.3. The number of carbonyl (C=O) groups excluding carboxylic acids is 2. The number of benzene rings is 2. The molecule has 102 valence electrons. The molecular weight excluding hydrogens is 264 g/mol. The first-order chi connectivity index (χ1) is 10.2. The number of nitrogens with zero attached hydrogens (tertiary/aromatic N) is 2. The second kappa shape index (κ2) is 4.06. The zero-order chi connectivity index (χ0) is 14.6. The average molecular weight is 276 g/mol. The minimum atomic E-state index is -0.262. The molecule has 0 radical (unpaired) electrons. The van der Waals surface area contributed by atoms with Crippen LogP contribution in [0.1, 0.15) is 20.7 Å². The van der Waals surface area contributed by atoms with E-state index in [0.29, 0.717) is 16.9 Å². The molecule has 2 aromatic carbocycles. The summed E-state index contributed by atoms with van der Waals surface area (Å²) in [5.74, 6) is 0.0745. The van der Waals surface area contributed by atoms with Gasteiger partial charge < -0.3 is 4.57 Å². The smallest absolute Gasteiger partial charge is 0.267 e. The van der Waals surface area contributed by atoms with Crippen molar-refractivity contribution in [2.45, 2.75) is 0 Å². The van der Waals surface area contributed by atoms with Gasteiger partial charge in [-0.05, 0) is 24.3 Å². The van der Waals surface area contributed by atoms with Crippen molar-refractivity contribution < 1.29 is 9.59 Å². The molecule has 2 heterocycles. The predicted octanol–water partition coefficient (Wildman–Crippen LogP) is 2.98. The number of fused-ring (bicyclic) bond motifs is 2. The van der Waals surface area contributed by atoms with Crippen LogP contribution >= 0.6 is 0 Å². The van der Waals surface area contributed by atoms with Crippen molar-refractivity contribution in [1.29, 1.82) is 0 Å². The molecule has 4 heteroatoms. The van der Waals surface area contributed by atoms with Crippen molar-refractivity contribution in [3.05, 3.63) is 65.7 Å². The molecule has 0 N–H and O–H groups in total. The number of amides is 2.